The molecule has 1 nitrogen and oxygen atoms in total. The predicted octanol–water partition coefficient (Wildman–Crippen LogP) is 5.45. The summed E-state index contributed by atoms with van der Waals surface area (Å²) in [5, 5.41) is 3.80. The fourth-order valence-corrected chi connectivity index (χ4v) is 3.82. The van der Waals surface area contributed by atoms with Crippen LogP contribution in [0.15, 0.2) is 22.0 Å². The van der Waals surface area contributed by atoms with Crippen LogP contribution in [0.5, 0.6) is 0 Å². The van der Waals surface area contributed by atoms with Gasteiger partial charge in [-0.25, -0.2) is 8.78 Å². The van der Waals surface area contributed by atoms with Crippen molar-refractivity contribution in [1.29, 1.82) is 0 Å². The van der Waals surface area contributed by atoms with E-state index in [0.717, 1.165) is 14.7 Å². The van der Waals surface area contributed by atoms with Gasteiger partial charge in [0.2, 0.25) is 0 Å². The van der Waals surface area contributed by atoms with Crippen molar-refractivity contribution in [3.63, 3.8) is 0 Å². The van der Waals surface area contributed by atoms with Crippen LogP contribution in [0, 0.1) is 18.6 Å². The largest absolute Gasteiger partial charge is 0.306 e. The van der Waals surface area contributed by atoms with E-state index >= 15 is 0 Å². The summed E-state index contributed by atoms with van der Waals surface area (Å²) in [6.07, 6.45) is 0. The lowest BCUT2D eigenvalue weighted by Gasteiger charge is -2.18. The van der Waals surface area contributed by atoms with Crippen molar-refractivity contribution in [2.24, 2.45) is 0 Å². The molecule has 1 aromatic carbocycles. The quantitative estimate of drug-likeness (QED) is 0.743. The second-order valence-corrected chi connectivity index (χ2v) is 7.19. The first-order chi connectivity index (χ1) is 9.43. The molecule has 0 spiro atoms. The summed E-state index contributed by atoms with van der Waals surface area (Å²) in [7, 11) is 0. The molecule has 1 heterocycles. The maximum absolute atomic E-state index is 14.1. The van der Waals surface area contributed by atoms with Gasteiger partial charge in [-0.1, -0.05) is 18.5 Å². The average molecular weight is 381 g/mol. The van der Waals surface area contributed by atoms with Crippen LogP contribution >= 0.6 is 38.9 Å². The molecule has 0 bridgehead atoms. The monoisotopic (exact) mass is 379 g/mol. The van der Waals surface area contributed by atoms with Crippen molar-refractivity contribution in [3.05, 3.63) is 54.6 Å². The lowest BCUT2D eigenvalue weighted by atomic mass is 10.0. The number of aryl methyl sites for hydroxylation is 1. The fraction of sp³-hybridized carbons (Fsp3) is 0.286. The van der Waals surface area contributed by atoms with Gasteiger partial charge in [0, 0.05) is 16.5 Å². The van der Waals surface area contributed by atoms with E-state index in [1.165, 1.54) is 11.3 Å². The van der Waals surface area contributed by atoms with Crippen LogP contribution in [0.1, 0.15) is 29.0 Å². The molecule has 2 aromatic rings. The summed E-state index contributed by atoms with van der Waals surface area (Å²) in [5.74, 6) is -1.09. The van der Waals surface area contributed by atoms with E-state index in [1.54, 1.807) is 19.1 Å². The van der Waals surface area contributed by atoms with Gasteiger partial charge in [-0.2, -0.15) is 0 Å². The zero-order valence-electron chi connectivity index (χ0n) is 10.9. The van der Waals surface area contributed by atoms with Crippen LogP contribution in [0.25, 0.3) is 0 Å². The highest BCUT2D eigenvalue weighted by atomic mass is 79.9. The lowest BCUT2D eigenvalue weighted by Crippen LogP contribution is -2.22. The molecule has 0 amide bonds. The topological polar surface area (TPSA) is 12.0 Å². The molecule has 0 saturated heterocycles. The third-order valence-electron chi connectivity index (χ3n) is 2.95. The van der Waals surface area contributed by atoms with Gasteiger partial charge < -0.3 is 5.32 Å². The molecule has 0 radical (unpaired) electrons. The van der Waals surface area contributed by atoms with E-state index in [0.29, 0.717) is 22.7 Å². The van der Waals surface area contributed by atoms with Crippen molar-refractivity contribution < 1.29 is 8.78 Å². The van der Waals surface area contributed by atoms with E-state index in [4.69, 9.17) is 11.6 Å². The molecule has 0 aliphatic rings. The number of nitrogens with one attached hydrogen (secondary N) is 1. The third kappa shape index (κ3) is 3.22. The average Bonchev–Trinajstić information content (AvgIpc) is 2.71. The summed E-state index contributed by atoms with van der Waals surface area (Å²) in [6.45, 7) is 4.22. The van der Waals surface area contributed by atoms with E-state index in [1.807, 2.05) is 6.92 Å². The normalized spacial score (nSPS) is 12.7. The number of halogens is 4. The molecular formula is C14H13BrClF2NS. The van der Waals surface area contributed by atoms with Crippen LogP contribution < -0.4 is 5.32 Å². The smallest absolute Gasteiger partial charge is 0.131 e. The van der Waals surface area contributed by atoms with E-state index < -0.39 is 11.6 Å². The van der Waals surface area contributed by atoms with Gasteiger partial charge in [0.05, 0.1) is 14.9 Å². The summed E-state index contributed by atoms with van der Waals surface area (Å²) in [5.41, 5.74) is 0.849. The lowest BCUT2D eigenvalue weighted by molar-refractivity contribution is 0.540. The highest BCUT2D eigenvalue weighted by molar-refractivity contribution is 9.11. The van der Waals surface area contributed by atoms with Gasteiger partial charge in [0.25, 0.3) is 0 Å². The van der Waals surface area contributed by atoms with Crippen LogP contribution in [0.4, 0.5) is 8.78 Å². The SMILES string of the molecule is CCNC(c1cc(Cl)c(Br)s1)c1cc(C)c(F)cc1F. The standard InChI is InChI=1S/C14H13BrClF2NS/c1-3-19-13(12-5-9(16)14(15)20-12)8-4-7(2)10(17)6-11(8)18/h4-6,13,19H,3H2,1-2H3. The van der Waals surface area contributed by atoms with E-state index in [-0.39, 0.29) is 6.04 Å². The Balaban J connectivity index is 2.50. The highest BCUT2D eigenvalue weighted by Crippen LogP contribution is 2.38. The van der Waals surface area contributed by atoms with Gasteiger partial charge in [-0.15, -0.1) is 11.3 Å². The van der Waals surface area contributed by atoms with Crippen molar-refractivity contribution >= 4 is 38.9 Å². The molecular weight excluding hydrogens is 368 g/mol. The predicted molar refractivity (Wildman–Crippen MR) is 83.6 cm³/mol. The van der Waals surface area contributed by atoms with Crippen molar-refractivity contribution in [1.82, 2.24) is 5.32 Å². The van der Waals surface area contributed by atoms with Crippen molar-refractivity contribution in [2.45, 2.75) is 19.9 Å². The minimum atomic E-state index is -0.556. The Kier molecular flexibility index (Phi) is 5.18. The first-order valence-corrected chi connectivity index (χ1v) is 8.06. The first-order valence-electron chi connectivity index (χ1n) is 6.07. The number of hydrogen-bond donors (Lipinski definition) is 1. The van der Waals surface area contributed by atoms with Gasteiger partial charge in [0.1, 0.15) is 11.6 Å². The zero-order valence-corrected chi connectivity index (χ0v) is 14.1. The summed E-state index contributed by atoms with van der Waals surface area (Å²) < 4.78 is 28.3. The van der Waals surface area contributed by atoms with Gasteiger partial charge in [0.15, 0.2) is 0 Å². The number of benzene rings is 1. The Labute approximate surface area is 134 Å². The van der Waals surface area contributed by atoms with Gasteiger partial charge in [-0.05, 0) is 47.1 Å². The maximum atomic E-state index is 14.1. The van der Waals surface area contributed by atoms with Crippen LogP contribution in [-0.2, 0) is 0 Å². The van der Waals surface area contributed by atoms with E-state index in [9.17, 15) is 8.78 Å². The minimum Gasteiger partial charge on any atom is -0.306 e. The molecule has 6 heteroatoms. The highest BCUT2D eigenvalue weighted by Gasteiger charge is 2.21. The van der Waals surface area contributed by atoms with Gasteiger partial charge >= 0.3 is 0 Å². The number of rotatable bonds is 4. The number of hydrogen-bond acceptors (Lipinski definition) is 2. The molecule has 20 heavy (non-hydrogen) atoms. The van der Waals surface area contributed by atoms with Crippen LogP contribution in [0.3, 0.4) is 0 Å². The van der Waals surface area contributed by atoms with Crippen LogP contribution in [0.2, 0.25) is 5.02 Å². The summed E-state index contributed by atoms with van der Waals surface area (Å²) in [6, 6.07) is 3.92. The molecule has 0 saturated carbocycles. The first kappa shape index (κ1) is 15.9. The minimum absolute atomic E-state index is 0.340. The molecule has 0 fully saturated rings. The second kappa shape index (κ2) is 6.52. The Morgan fingerprint density at radius 3 is 2.55 bits per heavy atom. The molecule has 0 aliphatic carbocycles. The molecule has 2 rings (SSSR count). The summed E-state index contributed by atoms with van der Waals surface area (Å²) in [4.78, 5) is 0.883. The molecule has 1 unspecified atom stereocenters. The molecule has 1 N–H and O–H groups in total. The maximum Gasteiger partial charge on any atom is 0.131 e. The second-order valence-electron chi connectivity index (χ2n) is 4.38. The molecule has 1 aromatic heterocycles. The Bertz CT molecular complexity index is 610. The Hall–Kier alpha value is -0.490. The van der Waals surface area contributed by atoms with Crippen LogP contribution in [-0.4, -0.2) is 6.54 Å². The van der Waals surface area contributed by atoms with E-state index in [2.05, 4.69) is 21.2 Å². The van der Waals surface area contributed by atoms with Crippen molar-refractivity contribution in [2.75, 3.05) is 6.54 Å². The molecule has 1 atom stereocenters. The molecule has 108 valence electrons. The third-order valence-corrected chi connectivity index (χ3v) is 5.49. The Morgan fingerprint density at radius 2 is 2.00 bits per heavy atom. The Morgan fingerprint density at radius 1 is 1.30 bits per heavy atom. The molecule has 0 aliphatic heterocycles. The summed E-state index contributed by atoms with van der Waals surface area (Å²) >= 11 is 10.8. The van der Waals surface area contributed by atoms with Gasteiger partial charge in [-0.3, -0.25) is 0 Å². The number of thiophene rings is 1. The zero-order chi connectivity index (χ0) is 14.9. The van der Waals surface area contributed by atoms with Crippen molar-refractivity contribution in [3.8, 4) is 0 Å². The fourth-order valence-electron chi connectivity index (χ4n) is 1.97.